The number of rotatable bonds is 5. The number of carbonyl (C=O) groups is 1. The molecule has 0 fully saturated rings. The Kier molecular flexibility index (Phi) is 6.33. The van der Waals surface area contributed by atoms with Gasteiger partial charge >= 0.3 is 0 Å². The maximum Gasteiger partial charge on any atom is 0.274 e. The quantitative estimate of drug-likeness (QED) is 0.425. The van der Waals surface area contributed by atoms with Crippen LogP contribution in [0.3, 0.4) is 0 Å². The van der Waals surface area contributed by atoms with E-state index >= 15 is 0 Å². The van der Waals surface area contributed by atoms with Crippen molar-refractivity contribution in [1.82, 2.24) is 10.0 Å². The van der Waals surface area contributed by atoms with E-state index in [1.165, 1.54) is 22.8 Å². The van der Waals surface area contributed by atoms with Crippen LogP contribution in [0.5, 0.6) is 5.75 Å². The monoisotopic (exact) mass is 478 g/mol. The Morgan fingerprint density at radius 2 is 1.90 bits per heavy atom. The van der Waals surface area contributed by atoms with Gasteiger partial charge in [-0.1, -0.05) is 6.07 Å². The second-order valence-electron chi connectivity index (χ2n) is 6.57. The van der Waals surface area contributed by atoms with E-state index in [4.69, 9.17) is 9.94 Å². The molecule has 3 rings (SSSR count). The minimum atomic E-state index is -0.745. The van der Waals surface area contributed by atoms with E-state index in [1.807, 2.05) is 0 Å². The molecule has 1 amide bonds. The second kappa shape index (κ2) is 8.76. The van der Waals surface area contributed by atoms with Gasteiger partial charge in [0, 0.05) is 29.0 Å². The summed E-state index contributed by atoms with van der Waals surface area (Å²) in [7, 11) is 0. The van der Waals surface area contributed by atoms with Crippen molar-refractivity contribution in [3.8, 4) is 11.4 Å². The molecule has 6 nitrogen and oxygen atoms in total. The van der Waals surface area contributed by atoms with E-state index in [9.17, 15) is 18.4 Å². The number of aromatic nitrogens is 1. The van der Waals surface area contributed by atoms with Gasteiger partial charge in [0.05, 0.1) is 5.69 Å². The number of hydroxylamine groups is 1. The summed E-state index contributed by atoms with van der Waals surface area (Å²) in [6.07, 6.45) is 0. The number of pyridine rings is 1. The van der Waals surface area contributed by atoms with Gasteiger partial charge in [0.15, 0.2) is 0 Å². The first-order chi connectivity index (χ1) is 14.2. The molecule has 0 aliphatic rings. The molecule has 0 aliphatic carbocycles. The number of ether oxygens (including phenoxy) is 1. The molecule has 9 heteroatoms. The largest absolute Gasteiger partial charge is 0.487 e. The van der Waals surface area contributed by atoms with Gasteiger partial charge in [0.25, 0.3) is 11.5 Å². The first kappa shape index (κ1) is 21.7. The SMILES string of the molecule is Cc1ccc(C(=O)NO)cc1-n1c(C)cc(OCc2ccc(F)cc2F)c(Br)c1=O. The molecule has 1 heterocycles. The van der Waals surface area contributed by atoms with Gasteiger partial charge in [-0.15, -0.1) is 0 Å². The lowest BCUT2D eigenvalue weighted by Crippen LogP contribution is -2.24. The third kappa shape index (κ3) is 4.27. The Bertz CT molecular complexity index is 1190. The lowest BCUT2D eigenvalue weighted by molar-refractivity contribution is 0.0706. The van der Waals surface area contributed by atoms with E-state index in [2.05, 4.69) is 15.9 Å². The summed E-state index contributed by atoms with van der Waals surface area (Å²) in [6.45, 7) is 3.26. The Morgan fingerprint density at radius 1 is 1.17 bits per heavy atom. The highest BCUT2D eigenvalue weighted by Gasteiger charge is 2.17. The zero-order valence-electron chi connectivity index (χ0n) is 16.0. The van der Waals surface area contributed by atoms with Crippen molar-refractivity contribution >= 4 is 21.8 Å². The summed E-state index contributed by atoms with van der Waals surface area (Å²) in [5, 5.41) is 8.86. The molecule has 0 radical (unpaired) electrons. The van der Waals surface area contributed by atoms with E-state index in [1.54, 1.807) is 31.5 Å². The van der Waals surface area contributed by atoms with Crippen molar-refractivity contribution in [3.63, 3.8) is 0 Å². The maximum atomic E-state index is 13.8. The normalized spacial score (nSPS) is 10.7. The Labute approximate surface area is 178 Å². The number of hydrogen-bond donors (Lipinski definition) is 2. The first-order valence-corrected chi connectivity index (χ1v) is 9.56. The maximum absolute atomic E-state index is 13.8. The highest BCUT2D eigenvalue weighted by Crippen LogP contribution is 2.26. The van der Waals surface area contributed by atoms with Crippen LogP contribution in [-0.4, -0.2) is 15.7 Å². The van der Waals surface area contributed by atoms with Crippen LogP contribution < -0.4 is 15.8 Å². The zero-order chi connectivity index (χ0) is 22.0. The number of carbonyl (C=O) groups excluding carboxylic acids is 1. The van der Waals surface area contributed by atoms with Gasteiger partial charge in [0.1, 0.15) is 28.5 Å². The van der Waals surface area contributed by atoms with Crippen molar-refractivity contribution in [2.24, 2.45) is 0 Å². The lowest BCUT2D eigenvalue weighted by atomic mass is 10.1. The molecule has 156 valence electrons. The van der Waals surface area contributed by atoms with E-state index in [0.29, 0.717) is 11.4 Å². The second-order valence-corrected chi connectivity index (χ2v) is 7.36. The zero-order valence-corrected chi connectivity index (χ0v) is 17.6. The molecule has 0 saturated carbocycles. The van der Waals surface area contributed by atoms with Crippen LogP contribution in [0.15, 0.2) is 51.7 Å². The predicted molar refractivity (Wildman–Crippen MR) is 109 cm³/mol. The van der Waals surface area contributed by atoms with Crippen molar-refractivity contribution in [3.05, 3.63) is 91.3 Å². The predicted octanol–water partition coefficient (Wildman–Crippen LogP) is 4.19. The first-order valence-electron chi connectivity index (χ1n) is 8.77. The Morgan fingerprint density at radius 3 is 2.57 bits per heavy atom. The number of aryl methyl sites for hydroxylation is 2. The minimum absolute atomic E-state index is 0.104. The topological polar surface area (TPSA) is 80.6 Å². The van der Waals surface area contributed by atoms with Gasteiger partial charge < -0.3 is 4.74 Å². The van der Waals surface area contributed by atoms with Gasteiger partial charge in [0.2, 0.25) is 0 Å². The molecule has 30 heavy (non-hydrogen) atoms. The van der Waals surface area contributed by atoms with Crippen LogP contribution in [0.4, 0.5) is 8.78 Å². The van der Waals surface area contributed by atoms with E-state index in [-0.39, 0.29) is 28.0 Å². The number of nitrogens with zero attached hydrogens (tertiary/aromatic N) is 1. The summed E-state index contributed by atoms with van der Waals surface area (Å²) in [5.74, 6) is -1.95. The number of hydrogen-bond acceptors (Lipinski definition) is 4. The molecular formula is C21H17BrF2N2O4. The third-order valence-corrected chi connectivity index (χ3v) is 5.24. The van der Waals surface area contributed by atoms with Gasteiger partial charge in [-0.25, -0.2) is 14.3 Å². The standard InChI is InChI=1S/C21H17BrF2N2O4/c1-11-3-4-13(20(27)25-29)8-17(11)26-12(2)7-18(19(22)21(26)28)30-10-14-5-6-15(23)9-16(14)24/h3-9,29H,10H2,1-2H3,(H,25,27). The minimum Gasteiger partial charge on any atom is -0.487 e. The molecule has 0 spiro atoms. The molecule has 0 bridgehead atoms. The average Bonchev–Trinajstić information content (AvgIpc) is 2.71. The fourth-order valence-electron chi connectivity index (χ4n) is 2.94. The van der Waals surface area contributed by atoms with Crippen molar-refractivity contribution in [1.29, 1.82) is 0 Å². The van der Waals surface area contributed by atoms with Gasteiger partial charge in [-0.3, -0.25) is 19.4 Å². The summed E-state index contributed by atoms with van der Waals surface area (Å²) >= 11 is 3.22. The fraction of sp³-hybridized carbons (Fsp3) is 0.143. The van der Waals surface area contributed by atoms with Crippen LogP contribution in [0.25, 0.3) is 5.69 Å². The summed E-state index contributed by atoms with van der Waals surface area (Å²) in [4.78, 5) is 24.7. The number of benzene rings is 2. The molecule has 0 atom stereocenters. The van der Waals surface area contributed by atoms with Crippen LogP contribution in [0.2, 0.25) is 0 Å². The molecule has 0 unspecified atom stereocenters. The molecular weight excluding hydrogens is 462 g/mol. The summed E-state index contributed by atoms with van der Waals surface area (Å²) in [6, 6.07) is 9.40. The third-order valence-electron chi connectivity index (χ3n) is 4.51. The molecule has 1 aromatic heterocycles. The van der Waals surface area contributed by atoms with Crippen molar-refractivity contribution in [2.75, 3.05) is 0 Å². The van der Waals surface area contributed by atoms with Crippen LogP contribution in [-0.2, 0) is 6.61 Å². The van der Waals surface area contributed by atoms with Gasteiger partial charge in [-0.2, -0.15) is 0 Å². The lowest BCUT2D eigenvalue weighted by Gasteiger charge is -2.17. The molecule has 0 saturated heterocycles. The Hall–Kier alpha value is -3.04. The highest BCUT2D eigenvalue weighted by molar-refractivity contribution is 9.10. The summed E-state index contributed by atoms with van der Waals surface area (Å²) in [5.41, 5.74) is 3.11. The van der Waals surface area contributed by atoms with Gasteiger partial charge in [-0.05, 0) is 59.6 Å². The molecule has 2 aromatic carbocycles. The van der Waals surface area contributed by atoms with Crippen LogP contribution in [0.1, 0.15) is 27.2 Å². The van der Waals surface area contributed by atoms with E-state index < -0.39 is 23.1 Å². The average molecular weight is 479 g/mol. The number of amides is 1. The molecule has 2 N–H and O–H groups in total. The van der Waals surface area contributed by atoms with Crippen molar-refractivity contribution in [2.45, 2.75) is 20.5 Å². The smallest absolute Gasteiger partial charge is 0.274 e. The van der Waals surface area contributed by atoms with E-state index in [0.717, 1.165) is 17.7 Å². The number of halogens is 3. The highest BCUT2D eigenvalue weighted by atomic mass is 79.9. The Balaban J connectivity index is 2.00. The molecule has 3 aromatic rings. The summed E-state index contributed by atoms with van der Waals surface area (Å²) < 4.78 is 34.0. The van der Waals surface area contributed by atoms with Crippen LogP contribution in [0, 0.1) is 25.5 Å². The molecule has 0 aliphatic heterocycles. The van der Waals surface area contributed by atoms with Crippen molar-refractivity contribution < 1.29 is 23.5 Å². The number of nitrogens with one attached hydrogen (secondary N) is 1. The van der Waals surface area contributed by atoms with Crippen LogP contribution >= 0.6 is 15.9 Å². The fourth-order valence-corrected chi connectivity index (χ4v) is 3.34.